The molecule has 0 fully saturated rings. The minimum atomic E-state index is -0.243. The first-order chi connectivity index (χ1) is 11.7. The van der Waals surface area contributed by atoms with Gasteiger partial charge in [-0.25, -0.2) is 9.37 Å². The van der Waals surface area contributed by atoms with Crippen molar-refractivity contribution in [2.24, 2.45) is 0 Å². The van der Waals surface area contributed by atoms with Crippen LogP contribution in [-0.4, -0.2) is 15.0 Å². The van der Waals surface area contributed by atoms with Crippen LogP contribution >= 0.6 is 0 Å². The summed E-state index contributed by atoms with van der Waals surface area (Å²) in [4.78, 5) is 12.9. The van der Waals surface area contributed by atoms with E-state index in [0.717, 1.165) is 22.6 Å². The number of aryl methyl sites for hydroxylation is 1. The average Bonchev–Trinajstić information content (AvgIpc) is 2.60. The predicted molar refractivity (Wildman–Crippen MR) is 92.1 cm³/mol. The molecule has 2 N–H and O–H groups in total. The molecule has 3 aromatic rings. The van der Waals surface area contributed by atoms with Gasteiger partial charge in [0.15, 0.2) is 0 Å². The fourth-order valence-electron chi connectivity index (χ4n) is 2.22. The van der Waals surface area contributed by atoms with Crippen molar-refractivity contribution in [3.05, 3.63) is 77.5 Å². The quantitative estimate of drug-likeness (QED) is 0.726. The minimum absolute atomic E-state index is 0.243. The lowest BCUT2D eigenvalue weighted by Gasteiger charge is -2.10. The van der Waals surface area contributed by atoms with Gasteiger partial charge in [0.1, 0.15) is 11.6 Å². The maximum absolute atomic E-state index is 12.9. The maximum Gasteiger partial charge on any atom is 0.225 e. The SMILES string of the molecule is Cc1cc(NCc2cccnc2)nc(NCc2ccc(F)cc2)n1. The molecule has 0 aliphatic rings. The van der Waals surface area contributed by atoms with E-state index in [1.807, 2.05) is 31.3 Å². The molecule has 0 amide bonds. The van der Waals surface area contributed by atoms with Crippen LogP contribution in [0.4, 0.5) is 16.2 Å². The zero-order valence-electron chi connectivity index (χ0n) is 13.3. The highest BCUT2D eigenvalue weighted by Crippen LogP contribution is 2.12. The summed E-state index contributed by atoms with van der Waals surface area (Å²) in [5, 5.41) is 6.43. The van der Waals surface area contributed by atoms with Gasteiger partial charge in [-0.2, -0.15) is 4.98 Å². The third kappa shape index (κ3) is 4.49. The Bertz CT molecular complexity index is 790. The van der Waals surface area contributed by atoms with Crippen LogP contribution in [-0.2, 0) is 13.1 Å². The molecule has 2 heterocycles. The number of nitrogens with one attached hydrogen (secondary N) is 2. The maximum atomic E-state index is 12.9. The van der Waals surface area contributed by atoms with Crippen molar-refractivity contribution >= 4 is 11.8 Å². The fraction of sp³-hybridized carbons (Fsp3) is 0.167. The zero-order chi connectivity index (χ0) is 16.8. The molecule has 0 spiro atoms. The van der Waals surface area contributed by atoms with Crippen molar-refractivity contribution in [1.82, 2.24) is 15.0 Å². The van der Waals surface area contributed by atoms with Crippen LogP contribution in [0.5, 0.6) is 0 Å². The Morgan fingerprint density at radius 2 is 1.75 bits per heavy atom. The number of halogens is 1. The molecule has 3 rings (SSSR count). The van der Waals surface area contributed by atoms with E-state index in [2.05, 4.69) is 25.6 Å². The fourth-order valence-corrected chi connectivity index (χ4v) is 2.22. The molecule has 2 aromatic heterocycles. The lowest BCUT2D eigenvalue weighted by molar-refractivity contribution is 0.627. The number of hydrogen-bond donors (Lipinski definition) is 2. The Labute approximate surface area is 140 Å². The molecule has 0 atom stereocenters. The van der Waals surface area contributed by atoms with Crippen LogP contribution in [0.25, 0.3) is 0 Å². The Morgan fingerprint density at radius 1 is 0.958 bits per heavy atom. The molecule has 24 heavy (non-hydrogen) atoms. The summed E-state index contributed by atoms with van der Waals surface area (Å²) in [6.07, 6.45) is 3.56. The second-order valence-corrected chi connectivity index (χ2v) is 5.41. The van der Waals surface area contributed by atoms with Crippen LogP contribution in [0, 0.1) is 12.7 Å². The van der Waals surface area contributed by atoms with Gasteiger partial charge in [0.05, 0.1) is 0 Å². The summed E-state index contributed by atoms with van der Waals surface area (Å²) >= 11 is 0. The summed E-state index contributed by atoms with van der Waals surface area (Å²) in [6.45, 7) is 3.09. The molecule has 1 aromatic carbocycles. The van der Waals surface area contributed by atoms with Crippen molar-refractivity contribution in [1.29, 1.82) is 0 Å². The molecule has 0 aliphatic carbocycles. The number of aromatic nitrogens is 3. The van der Waals surface area contributed by atoms with E-state index in [0.29, 0.717) is 19.0 Å². The number of benzene rings is 1. The zero-order valence-corrected chi connectivity index (χ0v) is 13.3. The molecular formula is C18H18FN5. The van der Waals surface area contributed by atoms with Gasteiger partial charge in [-0.15, -0.1) is 0 Å². The number of nitrogens with zero attached hydrogens (tertiary/aromatic N) is 3. The molecule has 0 saturated heterocycles. The van der Waals surface area contributed by atoms with Crippen LogP contribution in [0.1, 0.15) is 16.8 Å². The number of anilines is 2. The van der Waals surface area contributed by atoms with Gasteiger partial charge >= 0.3 is 0 Å². The molecule has 0 saturated carbocycles. The van der Waals surface area contributed by atoms with Crippen LogP contribution in [0.2, 0.25) is 0 Å². The van der Waals surface area contributed by atoms with E-state index in [-0.39, 0.29) is 5.82 Å². The van der Waals surface area contributed by atoms with Gasteiger partial charge in [0.25, 0.3) is 0 Å². The van der Waals surface area contributed by atoms with Gasteiger partial charge in [-0.3, -0.25) is 4.98 Å². The normalized spacial score (nSPS) is 10.4. The Hall–Kier alpha value is -3.02. The predicted octanol–water partition coefficient (Wildman–Crippen LogP) is 3.54. The van der Waals surface area contributed by atoms with Crippen LogP contribution in [0.15, 0.2) is 54.9 Å². The van der Waals surface area contributed by atoms with Crippen LogP contribution < -0.4 is 10.6 Å². The molecular weight excluding hydrogens is 305 g/mol. The molecule has 0 bridgehead atoms. The number of hydrogen-bond acceptors (Lipinski definition) is 5. The Balaban J connectivity index is 1.63. The first-order valence-corrected chi connectivity index (χ1v) is 7.66. The van der Waals surface area contributed by atoms with Crippen molar-refractivity contribution in [2.45, 2.75) is 20.0 Å². The van der Waals surface area contributed by atoms with Crippen LogP contribution in [0.3, 0.4) is 0 Å². The monoisotopic (exact) mass is 323 g/mol. The van der Waals surface area contributed by atoms with E-state index in [1.165, 1.54) is 12.1 Å². The van der Waals surface area contributed by atoms with Gasteiger partial charge in [0.2, 0.25) is 5.95 Å². The largest absolute Gasteiger partial charge is 0.366 e. The average molecular weight is 323 g/mol. The molecule has 6 heteroatoms. The first-order valence-electron chi connectivity index (χ1n) is 7.66. The van der Waals surface area contributed by atoms with Gasteiger partial charge in [-0.05, 0) is 36.2 Å². The Morgan fingerprint density at radius 3 is 2.50 bits per heavy atom. The molecule has 5 nitrogen and oxygen atoms in total. The molecule has 0 radical (unpaired) electrons. The standard InChI is InChI=1S/C18H18FN5/c1-13-9-17(21-12-15-3-2-8-20-10-15)24-18(23-13)22-11-14-4-6-16(19)7-5-14/h2-10H,11-12H2,1H3,(H2,21,22,23,24). The number of pyridine rings is 1. The van der Waals surface area contributed by atoms with Crippen molar-refractivity contribution < 1.29 is 4.39 Å². The van der Waals surface area contributed by atoms with E-state index in [1.54, 1.807) is 18.3 Å². The highest BCUT2D eigenvalue weighted by atomic mass is 19.1. The van der Waals surface area contributed by atoms with Gasteiger partial charge < -0.3 is 10.6 Å². The summed E-state index contributed by atoms with van der Waals surface area (Å²) < 4.78 is 12.9. The van der Waals surface area contributed by atoms with E-state index in [4.69, 9.17) is 0 Å². The first kappa shape index (κ1) is 15.9. The van der Waals surface area contributed by atoms with Crippen molar-refractivity contribution in [3.8, 4) is 0 Å². The second-order valence-electron chi connectivity index (χ2n) is 5.41. The third-order valence-electron chi connectivity index (χ3n) is 3.41. The highest BCUT2D eigenvalue weighted by Gasteiger charge is 2.03. The summed E-state index contributed by atoms with van der Waals surface area (Å²) in [5.41, 5.74) is 2.90. The van der Waals surface area contributed by atoms with Gasteiger partial charge in [0, 0.05) is 37.2 Å². The second kappa shape index (κ2) is 7.50. The molecule has 0 aliphatic heterocycles. The van der Waals surface area contributed by atoms with E-state index >= 15 is 0 Å². The lowest BCUT2D eigenvalue weighted by Crippen LogP contribution is -2.08. The number of rotatable bonds is 6. The molecule has 0 unspecified atom stereocenters. The van der Waals surface area contributed by atoms with Crippen molar-refractivity contribution in [3.63, 3.8) is 0 Å². The van der Waals surface area contributed by atoms with E-state index in [9.17, 15) is 4.39 Å². The highest BCUT2D eigenvalue weighted by molar-refractivity contribution is 5.43. The van der Waals surface area contributed by atoms with Crippen molar-refractivity contribution in [2.75, 3.05) is 10.6 Å². The lowest BCUT2D eigenvalue weighted by atomic mass is 10.2. The van der Waals surface area contributed by atoms with E-state index < -0.39 is 0 Å². The topological polar surface area (TPSA) is 62.7 Å². The van der Waals surface area contributed by atoms with Gasteiger partial charge in [-0.1, -0.05) is 18.2 Å². The minimum Gasteiger partial charge on any atom is -0.366 e. The summed E-state index contributed by atoms with van der Waals surface area (Å²) in [6, 6.07) is 12.1. The smallest absolute Gasteiger partial charge is 0.225 e. The molecule has 122 valence electrons. The summed E-state index contributed by atoms with van der Waals surface area (Å²) in [7, 11) is 0. The summed E-state index contributed by atoms with van der Waals surface area (Å²) in [5.74, 6) is 1.04. The Kier molecular flexibility index (Phi) is 4.96. The third-order valence-corrected chi connectivity index (χ3v) is 3.41.